The molecule has 8 nitrogen and oxygen atoms in total. The number of carbonyl (C=O) groups excluding carboxylic acids is 2. The van der Waals surface area contributed by atoms with Crippen molar-refractivity contribution in [3.05, 3.63) is 62.1 Å². The van der Waals surface area contributed by atoms with Gasteiger partial charge in [-0.1, -0.05) is 30.1 Å². The Morgan fingerprint density at radius 2 is 1.79 bits per heavy atom. The van der Waals surface area contributed by atoms with Crippen LogP contribution < -0.4 is 16.0 Å². The minimum Gasteiger partial charge on any atom is -0.331 e. The van der Waals surface area contributed by atoms with Gasteiger partial charge in [-0.25, -0.2) is 0 Å². The van der Waals surface area contributed by atoms with Crippen LogP contribution in [0.25, 0.3) is 0 Å². The van der Waals surface area contributed by atoms with E-state index in [1.54, 1.807) is 18.2 Å². The molecule has 0 aromatic heterocycles. The van der Waals surface area contributed by atoms with E-state index in [0.717, 1.165) is 6.07 Å². The minimum absolute atomic E-state index is 0.0110. The molecular formula is C18H16Cl2N4O4S. The lowest BCUT2D eigenvalue weighted by Crippen LogP contribution is -2.34. The summed E-state index contributed by atoms with van der Waals surface area (Å²) in [4.78, 5) is 34.3. The lowest BCUT2D eigenvalue weighted by molar-refractivity contribution is -0.384. The third kappa shape index (κ3) is 6.38. The van der Waals surface area contributed by atoms with E-state index in [2.05, 4.69) is 16.0 Å². The van der Waals surface area contributed by atoms with Gasteiger partial charge in [-0.05, 0) is 49.0 Å². The predicted octanol–water partition coefficient (Wildman–Crippen LogP) is 4.77. The van der Waals surface area contributed by atoms with Crippen molar-refractivity contribution >= 4 is 69.4 Å². The van der Waals surface area contributed by atoms with Crippen LogP contribution in [0.3, 0.4) is 0 Å². The number of amides is 2. The van der Waals surface area contributed by atoms with Crippen LogP contribution in [-0.4, -0.2) is 21.9 Å². The van der Waals surface area contributed by atoms with E-state index < -0.39 is 16.5 Å². The Hall–Kier alpha value is -2.75. The van der Waals surface area contributed by atoms with Crippen LogP contribution in [0.4, 0.5) is 17.1 Å². The molecule has 0 saturated carbocycles. The maximum atomic E-state index is 12.3. The maximum Gasteiger partial charge on any atom is 0.288 e. The molecule has 2 rings (SSSR count). The smallest absolute Gasteiger partial charge is 0.288 e. The molecule has 3 N–H and O–H groups in total. The number of nitrogens with one attached hydrogen (secondary N) is 3. The van der Waals surface area contributed by atoms with Gasteiger partial charge in [-0.2, -0.15) is 0 Å². The summed E-state index contributed by atoms with van der Waals surface area (Å²) in [5.41, 5.74) is 0.500. The largest absolute Gasteiger partial charge is 0.331 e. The minimum atomic E-state index is -0.687. The molecule has 29 heavy (non-hydrogen) atoms. The van der Waals surface area contributed by atoms with Crippen molar-refractivity contribution in [1.82, 2.24) is 5.32 Å². The van der Waals surface area contributed by atoms with E-state index in [-0.39, 0.29) is 21.6 Å². The average Bonchev–Trinajstić information content (AvgIpc) is 2.64. The molecule has 0 aliphatic heterocycles. The van der Waals surface area contributed by atoms with Gasteiger partial charge in [0.1, 0.15) is 5.02 Å². The molecule has 0 saturated heterocycles. The Balaban J connectivity index is 2.09. The van der Waals surface area contributed by atoms with Gasteiger partial charge in [0.25, 0.3) is 11.6 Å². The molecule has 2 amide bonds. The lowest BCUT2D eigenvalue weighted by atomic mass is 10.2. The molecule has 0 heterocycles. The van der Waals surface area contributed by atoms with Crippen LogP contribution in [0.2, 0.25) is 10.0 Å². The molecular weight excluding hydrogens is 439 g/mol. The van der Waals surface area contributed by atoms with Crippen LogP contribution in [0.5, 0.6) is 0 Å². The van der Waals surface area contributed by atoms with Crippen molar-refractivity contribution in [3.63, 3.8) is 0 Å². The molecule has 2 aromatic rings. The summed E-state index contributed by atoms with van der Waals surface area (Å²) in [5.74, 6) is -0.799. The van der Waals surface area contributed by atoms with E-state index in [0.29, 0.717) is 29.2 Å². The van der Waals surface area contributed by atoms with Gasteiger partial charge < -0.3 is 10.6 Å². The number of halogens is 2. The molecule has 0 aliphatic rings. The highest BCUT2D eigenvalue weighted by Gasteiger charge is 2.17. The Morgan fingerprint density at radius 1 is 1.10 bits per heavy atom. The zero-order chi connectivity index (χ0) is 21.6. The van der Waals surface area contributed by atoms with Crippen LogP contribution in [0.1, 0.15) is 30.1 Å². The van der Waals surface area contributed by atoms with Crippen LogP contribution in [0, 0.1) is 10.1 Å². The highest BCUT2D eigenvalue weighted by Crippen LogP contribution is 2.26. The highest BCUT2D eigenvalue weighted by molar-refractivity contribution is 7.80. The van der Waals surface area contributed by atoms with Crippen LogP contribution >= 0.6 is 35.4 Å². The Labute approximate surface area is 181 Å². The van der Waals surface area contributed by atoms with Gasteiger partial charge in [-0.15, -0.1) is 0 Å². The fraction of sp³-hybridized carbons (Fsp3) is 0.167. The highest BCUT2D eigenvalue weighted by atomic mass is 35.5. The number of nitrogens with zero attached hydrogens (tertiary/aromatic N) is 1. The van der Waals surface area contributed by atoms with E-state index in [1.165, 1.54) is 12.1 Å². The second-order valence-electron chi connectivity index (χ2n) is 5.82. The summed E-state index contributed by atoms with van der Waals surface area (Å²) >= 11 is 17.0. The van der Waals surface area contributed by atoms with E-state index in [4.69, 9.17) is 35.4 Å². The second-order valence-corrected chi connectivity index (χ2v) is 7.05. The number of thiocarbonyl (C=S) groups is 1. The monoisotopic (exact) mass is 454 g/mol. The zero-order valence-corrected chi connectivity index (χ0v) is 17.5. The van der Waals surface area contributed by atoms with E-state index in [9.17, 15) is 19.7 Å². The third-order valence-electron chi connectivity index (χ3n) is 3.61. The van der Waals surface area contributed by atoms with Crippen molar-refractivity contribution in [2.24, 2.45) is 0 Å². The maximum absolute atomic E-state index is 12.3. The number of benzene rings is 2. The Morgan fingerprint density at radius 3 is 2.45 bits per heavy atom. The first-order valence-corrected chi connectivity index (χ1v) is 9.53. The van der Waals surface area contributed by atoms with Crippen molar-refractivity contribution in [2.75, 3.05) is 10.6 Å². The molecule has 0 aliphatic carbocycles. The Bertz CT molecular complexity index is 984. The fourth-order valence-corrected chi connectivity index (χ4v) is 2.83. The number of anilines is 2. The number of nitro benzene ring substituents is 1. The number of hydrogen-bond donors (Lipinski definition) is 3. The molecule has 152 valence electrons. The van der Waals surface area contributed by atoms with Gasteiger partial charge in [0.15, 0.2) is 5.11 Å². The van der Waals surface area contributed by atoms with Gasteiger partial charge in [0, 0.05) is 23.7 Å². The van der Waals surface area contributed by atoms with Crippen LogP contribution in [0.15, 0.2) is 36.4 Å². The normalized spacial score (nSPS) is 10.2. The summed E-state index contributed by atoms with van der Waals surface area (Å²) in [7, 11) is 0. The quantitative estimate of drug-likeness (QED) is 0.329. The number of rotatable bonds is 6. The van der Waals surface area contributed by atoms with Gasteiger partial charge >= 0.3 is 0 Å². The summed E-state index contributed by atoms with van der Waals surface area (Å²) in [6.45, 7) is 1.89. The summed E-state index contributed by atoms with van der Waals surface area (Å²) in [6, 6.07) is 8.42. The van der Waals surface area contributed by atoms with E-state index in [1.807, 2.05) is 6.92 Å². The van der Waals surface area contributed by atoms with Gasteiger partial charge in [0.05, 0.1) is 15.6 Å². The molecule has 0 fully saturated rings. The third-order valence-corrected chi connectivity index (χ3v) is 4.46. The molecule has 0 spiro atoms. The molecule has 0 bridgehead atoms. The van der Waals surface area contributed by atoms with Crippen molar-refractivity contribution in [2.45, 2.75) is 19.8 Å². The average molecular weight is 455 g/mol. The predicted molar refractivity (Wildman–Crippen MR) is 117 cm³/mol. The summed E-state index contributed by atoms with van der Waals surface area (Å²) < 4.78 is 0. The van der Waals surface area contributed by atoms with Crippen LogP contribution in [-0.2, 0) is 4.79 Å². The first-order valence-electron chi connectivity index (χ1n) is 8.37. The first kappa shape index (κ1) is 22.5. The van der Waals surface area contributed by atoms with Crippen molar-refractivity contribution in [1.29, 1.82) is 0 Å². The fourth-order valence-electron chi connectivity index (χ4n) is 2.27. The summed E-state index contributed by atoms with van der Waals surface area (Å²) in [5, 5.41) is 19.0. The topological polar surface area (TPSA) is 113 Å². The Kier molecular flexibility index (Phi) is 7.89. The number of carbonyl (C=O) groups is 2. The van der Waals surface area contributed by atoms with Crippen molar-refractivity contribution in [3.8, 4) is 0 Å². The SMILES string of the molecule is CCCC(=O)Nc1ccc(Cl)c(NC(=S)NC(=O)c2ccc(Cl)c([N+](=O)[O-])c2)c1. The molecule has 0 unspecified atom stereocenters. The molecule has 11 heteroatoms. The lowest BCUT2D eigenvalue weighted by Gasteiger charge is -2.13. The van der Waals surface area contributed by atoms with Gasteiger partial charge in [0.2, 0.25) is 5.91 Å². The molecule has 2 aromatic carbocycles. The van der Waals surface area contributed by atoms with Gasteiger partial charge in [-0.3, -0.25) is 25.0 Å². The summed E-state index contributed by atoms with van der Waals surface area (Å²) in [6.07, 6.45) is 1.09. The zero-order valence-electron chi connectivity index (χ0n) is 15.1. The molecule has 0 radical (unpaired) electrons. The number of nitro groups is 1. The molecule has 0 atom stereocenters. The first-order chi connectivity index (χ1) is 13.7. The second kappa shape index (κ2) is 10.1. The number of hydrogen-bond acceptors (Lipinski definition) is 5. The van der Waals surface area contributed by atoms with Crippen molar-refractivity contribution < 1.29 is 14.5 Å². The van der Waals surface area contributed by atoms with E-state index >= 15 is 0 Å². The standard InChI is InChI=1S/C18H16Cl2N4O4S/c1-2-3-16(25)21-11-5-7-12(19)14(9-11)22-18(29)23-17(26)10-4-6-13(20)15(8-10)24(27)28/h4-9H,2-3H2,1H3,(H,21,25)(H2,22,23,26,29).